The van der Waals surface area contributed by atoms with Crippen LogP contribution in [0.15, 0.2) is 0 Å². The highest BCUT2D eigenvalue weighted by molar-refractivity contribution is 5.79. The molecule has 0 bridgehead atoms. The van der Waals surface area contributed by atoms with Crippen molar-refractivity contribution in [3.8, 4) is 0 Å². The fraction of sp³-hybridized carbons (Fsp3) is 0.833. The van der Waals surface area contributed by atoms with Gasteiger partial charge in [0.2, 0.25) is 5.91 Å². The molecule has 0 saturated carbocycles. The molecule has 0 radical (unpaired) electrons. The first-order valence-electron chi connectivity index (χ1n) is 6.43. The molecule has 6 nitrogen and oxygen atoms in total. The van der Waals surface area contributed by atoms with E-state index in [0.717, 1.165) is 32.6 Å². The quantitative estimate of drug-likeness (QED) is 0.699. The maximum absolute atomic E-state index is 12.0. The fourth-order valence-corrected chi connectivity index (χ4v) is 2.07. The molecule has 0 aromatic carbocycles. The van der Waals surface area contributed by atoms with Gasteiger partial charge < -0.3 is 14.9 Å². The largest absolute Gasteiger partial charge is 0.480 e. The van der Waals surface area contributed by atoms with E-state index in [1.54, 1.807) is 4.90 Å². The van der Waals surface area contributed by atoms with Crippen LogP contribution in [0.4, 0.5) is 0 Å². The van der Waals surface area contributed by atoms with E-state index in [2.05, 4.69) is 4.90 Å². The van der Waals surface area contributed by atoms with Crippen molar-refractivity contribution in [3.05, 3.63) is 0 Å². The topological polar surface area (TPSA) is 64.1 Å². The zero-order chi connectivity index (χ0) is 13.5. The maximum Gasteiger partial charge on any atom is 0.317 e. The number of carboxylic acids is 1. The van der Waals surface area contributed by atoms with E-state index in [1.807, 2.05) is 18.9 Å². The van der Waals surface area contributed by atoms with Crippen LogP contribution in [-0.4, -0.2) is 84.5 Å². The molecule has 1 rings (SSSR count). The van der Waals surface area contributed by atoms with Gasteiger partial charge in [-0.3, -0.25) is 14.5 Å². The van der Waals surface area contributed by atoms with E-state index >= 15 is 0 Å². The second-order valence-electron chi connectivity index (χ2n) is 4.79. The van der Waals surface area contributed by atoms with E-state index in [1.165, 1.54) is 0 Å². The smallest absolute Gasteiger partial charge is 0.317 e. The minimum atomic E-state index is -0.880. The number of hydrogen-bond acceptors (Lipinski definition) is 4. The summed E-state index contributed by atoms with van der Waals surface area (Å²) < 4.78 is 0. The first-order valence-corrected chi connectivity index (χ1v) is 6.43. The van der Waals surface area contributed by atoms with Crippen LogP contribution in [0, 0.1) is 0 Å². The van der Waals surface area contributed by atoms with Gasteiger partial charge in [-0.25, -0.2) is 0 Å². The summed E-state index contributed by atoms with van der Waals surface area (Å²) in [6.07, 6.45) is 0.850. The molecule has 1 saturated heterocycles. The lowest BCUT2D eigenvalue weighted by Crippen LogP contribution is -2.50. The number of likely N-dealkylation sites (N-methyl/N-ethyl adjacent to an activating group) is 1. The lowest BCUT2D eigenvalue weighted by Gasteiger charge is -2.33. The second-order valence-corrected chi connectivity index (χ2v) is 4.79. The van der Waals surface area contributed by atoms with E-state index in [0.29, 0.717) is 6.54 Å². The molecule has 0 atom stereocenters. The van der Waals surface area contributed by atoms with E-state index in [4.69, 9.17) is 5.11 Å². The molecule has 0 spiro atoms. The third kappa shape index (κ3) is 5.01. The number of carbonyl (C=O) groups excluding carboxylic acids is 1. The molecule has 1 N–H and O–H groups in total. The Morgan fingerprint density at radius 3 is 2.28 bits per heavy atom. The van der Waals surface area contributed by atoms with Crippen molar-refractivity contribution in [1.82, 2.24) is 14.7 Å². The molecule has 1 heterocycles. The van der Waals surface area contributed by atoms with E-state index < -0.39 is 5.97 Å². The van der Waals surface area contributed by atoms with Gasteiger partial charge in [0.15, 0.2) is 0 Å². The Bertz CT molecular complexity index is 288. The van der Waals surface area contributed by atoms with Crippen LogP contribution in [0.1, 0.15) is 13.3 Å². The van der Waals surface area contributed by atoms with E-state index in [9.17, 15) is 9.59 Å². The molecule has 0 unspecified atom stereocenters. The van der Waals surface area contributed by atoms with Crippen LogP contribution < -0.4 is 0 Å². The third-order valence-corrected chi connectivity index (χ3v) is 3.11. The zero-order valence-electron chi connectivity index (χ0n) is 11.3. The Labute approximate surface area is 108 Å². The number of rotatable bonds is 6. The minimum Gasteiger partial charge on any atom is -0.480 e. The molecule has 1 fully saturated rings. The highest BCUT2D eigenvalue weighted by atomic mass is 16.4. The summed E-state index contributed by atoms with van der Waals surface area (Å²) in [4.78, 5) is 28.5. The van der Waals surface area contributed by atoms with Crippen molar-refractivity contribution in [2.24, 2.45) is 0 Å². The van der Waals surface area contributed by atoms with Crippen molar-refractivity contribution < 1.29 is 14.7 Å². The minimum absolute atomic E-state index is 0.0396. The fourth-order valence-electron chi connectivity index (χ4n) is 2.07. The normalized spacial score (nSPS) is 17.2. The Hall–Kier alpha value is -1.14. The van der Waals surface area contributed by atoms with Gasteiger partial charge in [-0.1, -0.05) is 6.92 Å². The van der Waals surface area contributed by atoms with Gasteiger partial charge >= 0.3 is 5.97 Å². The lowest BCUT2D eigenvalue weighted by molar-refractivity contribution is -0.140. The molecule has 0 aliphatic carbocycles. The van der Waals surface area contributed by atoms with Crippen LogP contribution in [0.5, 0.6) is 0 Å². The highest BCUT2D eigenvalue weighted by Crippen LogP contribution is 2.01. The summed E-state index contributed by atoms with van der Waals surface area (Å²) in [7, 11) is 2.04. The number of hydrogen-bond donors (Lipinski definition) is 1. The Kier molecular flexibility index (Phi) is 6.07. The molecule has 1 amide bonds. The predicted molar refractivity (Wildman–Crippen MR) is 68.4 cm³/mol. The molecule has 1 aliphatic rings. The molecule has 0 aromatic rings. The van der Waals surface area contributed by atoms with Crippen LogP contribution in [0.2, 0.25) is 0 Å². The van der Waals surface area contributed by atoms with E-state index in [-0.39, 0.29) is 19.0 Å². The van der Waals surface area contributed by atoms with Crippen LogP contribution in [-0.2, 0) is 9.59 Å². The number of carbonyl (C=O) groups is 2. The summed E-state index contributed by atoms with van der Waals surface area (Å²) >= 11 is 0. The van der Waals surface area contributed by atoms with Gasteiger partial charge in [0.05, 0.1) is 13.1 Å². The average Bonchev–Trinajstić information content (AvgIpc) is 2.29. The molecule has 18 heavy (non-hydrogen) atoms. The number of nitrogens with zero attached hydrogens (tertiary/aromatic N) is 3. The van der Waals surface area contributed by atoms with Crippen molar-refractivity contribution >= 4 is 11.9 Å². The van der Waals surface area contributed by atoms with Crippen LogP contribution in [0.25, 0.3) is 0 Å². The standard InChI is InChI=1S/C12H23N3O3/c1-3-4-14(10-12(17)18)9-11(16)15-7-5-13(2)6-8-15/h3-10H2,1-2H3,(H,17,18). The Balaban J connectivity index is 2.42. The monoisotopic (exact) mass is 257 g/mol. The van der Waals surface area contributed by atoms with Crippen LogP contribution in [0.3, 0.4) is 0 Å². The summed E-state index contributed by atoms with van der Waals surface area (Å²) in [5, 5.41) is 8.80. The van der Waals surface area contributed by atoms with Gasteiger partial charge in [-0.05, 0) is 20.0 Å². The maximum atomic E-state index is 12.0. The summed E-state index contributed by atoms with van der Waals surface area (Å²) in [6, 6.07) is 0. The molecular weight excluding hydrogens is 234 g/mol. The summed E-state index contributed by atoms with van der Waals surface area (Å²) in [5.74, 6) is -0.840. The predicted octanol–water partition coefficient (Wildman–Crippen LogP) is -0.443. The second kappa shape index (κ2) is 7.33. The number of amides is 1. The molecule has 0 aromatic heterocycles. The lowest BCUT2D eigenvalue weighted by atomic mass is 10.3. The number of piperazine rings is 1. The van der Waals surface area contributed by atoms with Gasteiger partial charge in [-0.15, -0.1) is 0 Å². The Morgan fingerprint density at radius 2 is 1.78 bits per heavy atom. The number of carboxylic acid groups (broad SMARTS) is 1. The number of aliphatic carboxylic acids is 1. The van der Waals surface area contributed by atoms with Crippen LogP contribution >= 0.6 is 0 Å². The van der Waals surface area contributed by atoms with Gasteiger partial charge in [0, 0.05) is 26.2 Å². The van der Waals surface area contributed by atoms with Gasteiger partial charge in [0.25, 0.3) is 0 Å². The van der Waals surface area contributed by atoms with Crippen molar-refractivity contribution in [2.75, 3.05) is 52.9 Å². The van der Waals surface area contributed by atoms with Crippen molar-refractivity contribution in [2.45, 2.75) is 13.3 Å². The van der Waals surface area contributed by atoms with Gasteiger partial charge in [0.1, 0.15) is 0 Å². The Morgan fingerprint density at radius 1 is 1.17 bits per heavy atom. The summed E-state index contributed by atoms with van der Waals surface area (Å²) in [5.41, 5.74) is 0. The third-order valence-electron chi connectivity index (χ3n) is 3.11. The zero-order valence-corrected chi connectivity index (χ0v) is 11.3. The average molecular weight is 257 g/mol. The first-order chi connectivity index (χ1) is 8.52. The molecule has 104 valence electrons. The van der Waals surface area contributed by atoms with Gasteiger partial charge in [-0.2, -0.15) is 0 Å². The van der Waals surface area contributed by atoms with Crippen molar-refractivity contribution in [1.29, 1.82) is 0 Å². The highest BCUT2D eigenvalue weighted by Gasteiger charge is 2.21. The SMILES string of the molecule is CCCN(CC(=O)O)CC(=O)N1CCN(C)CC1. The molecular formula is C12H23N3O3. The molecule has 1 aliphatic heterocycles. The van der Waals surface area contributed by atoms with Crippen molar-refractivity contribution in [3.63, 3.8) is 0 Å². The summed E-state index contributed by atoms with van der Waals surface area (Å²) in [6.45, 7) is 6.03. The first kappa shape index (κ1) is 14.9. The molecule has 6 heteroatoms.